The molecule has 1 heterocycles. The Morgan fingerprint density at radius 1 is 1.33 bits per heavy atom. The third-order valence-electron chi connectivity index (χ3n) is 4.13. The average Bonchev–Trinajstić information content (AvgIpc) is 2.69. The van der Waals surface area contributed by atoms with Crippen molar-refractivity contribution < 1.29 is 14.3 Å². The summed E-state index contributed by atoms with van der Waals surface area (Å²) in [6, 6.07) is 5.13. The monoisotopic (exact) mass is 393 g/mol. The number of nitrogens with zero attached hydrogens (tertiary/aromatic N) is 2. The standard InChI is InChI=1S/C18H24ClN5O3/c1-26-16-10-15(17(27-2)9-14(16)19)23-12-13(11-20)18(25)22-5-8-24-6-3-21-4-7-24/h9-10,12,21,23H,3-8H2,1-2H3,(H,22,25)/b13-12-. The smallest absolute Gasteiger partial charge is 0.263 e. The van der Waals surface area contributed by atoms with Crippen LogP contribution in [-0.4, -0.2) is 64.3 Å². The Labute approximate surface area is 164 Å². The molecule has 27 heavy (non-hydrogen) atoms. The minimum absolute atomic E-state index is 0.0359. The second-order valence-electron chi connectivity index (χ2n) is 5.85. The van der Waals surface area contributed by atoms with E-state index < -0.39 is 5.91 Å². The molecule has 9 heteroatoms. The molecule has 146 valence electrons. The van der Waals surface area contributed by atoms with Crippen LogP contribution in [-0.2, 0) is 4.79 Å². The quantitative estimate of drug-likeness (QED) is 0.451. The van der Waals surface area contributed by atoms with Gasteiger partial charge in [0.1, 0.15) is 23.1 Å². The largest absolute Gasteiger partial charge is 0.495 e. The van der Waals surface area contributed by atoms with E-state index in [9.17, 15) is 10.1 Å². The fourth-order valence-electron chi connectivity index (χ4n) is 2.63. The van der Waals surface area contributed by atoms with Crippen molar-refractivity contribution in [3.05, 3.63) is 28.9 Å². The first-order chi connectivity index (χ1) is 13.1. The summed E-state index contributed by atoms with van der Waals surface area (Å²) in [7, 11) is 3.00. The van der Waals surface area contributed by atoms with E-state index in [2.05, 4.69) is 20.9 Å². The van der Waals surface area contributed by atoms with E-state index in [0.717, 1.165) is 32.7 Å². The summed E-state index contributed by atoms with van der Waals surface area (Å²) in [4.78, 5) is 14.5. The molecular formula is C18H24ClN5O3. The lowest BCUT2D eigenvalue weighted by Crippen LogP contribution is -2.46. The highest BCUT2D eigenvalue weighted by Crippen LogP contribution is 2.35. The second kappa shape index (κ2) is 10.6. The van der Waals surface area contributed by atoms with Crippen LogP contribution in [0.15, 0.2) is 23.9 Å². The minimum Gasteiger partial charge on any atom is -0.495 e. The van der Waals surface area contributed by atoms with E-state index in [1.807, 2.05) is 6.07 Å². The summed E-state index contributed by atoms with van der Waals surface area (Å²) < 4.78 is 10.4. The lowest BCUT2D eigenvalue weighted by atomic mass is 10.2. The van der Waals surface area contributed by atoms with Crippen molar-refractivity contribution >= 4 is 23.2 Å². The lowest BCUT2D eigenvalue weighted by Gasteiger charge is -2.27. The van der Waals surface area contributed by atoms with Crippen LogP contribution in [0.2, 0.25) is 5.02 Å². The number of piperazine rings is 1. The number of methoxy groups -OCH3 is 2. The van der Waals surface area contributed by atoms with Crippen LogP contribution in [0, 0.1) is 11.3 Å². The van der Waals surface area contributed by atoms with E-state index in [1.54, 1.807) is 12.1 Å². The molecule has 0 saturated carbocycles. The number of anilines is 1. The normalized spacial score (nSPS) is 15.0. The molecule has 0 spiro atoms. The maximum absolute atomic E-state index is 12.2. The first-order valence-electron chi connectivity index (χ1n) is 8.58. The van der Waals surface area contributed by atoms with E-state index in [0.29, 0.717) is 28.8 Å². The van der Waals surface area contributed by atoms with Crippen LogP contribution in [0.1, 0.15) is 0 Å². The van der Waals surface area contributed by atoms with Gasteiger partial charge in [0.25, 0.3) is 5.91 Å². The van der Waals surface area contributed by atoms with Crippen LogP contribution >= 0.6 is 11.6 Å². The number of hydrogen-bond acceptors (Lipinski definition) is 7. The van der Waals surface area contributed by atoms with Crippen molar-refractivity contribution in [3.8, 4) is 17.6 Å². The van der Waals surface area contributed by atoms with Gasteiger partial charge in [0.2, 0.25) is 0 Å². The Morgan fingerprint density at radius 2 is 2.04 bits per heavy atom. The molecule has 1 saturated heterocycles. The summed E-state index contributed by atoms with van der Waals surface area (Å²) >= 11 is 6.07. The second-order valence-corrected chi connectivity index (χ2v) is 6.26. The Kier molecular flexibility index (Phi) is 8.20. The molecule has 0 unspecified atom stereocenters. The number of nitrogens with one attached hydrogen (secondary N) is 3. The van der Waals surface area contributed by atoms with Gasteiger partial charge in [-0.2, -0.15) is 5.26 Å². The van der Waals surface area contributed by atoms with Gasteiger partial charge in [-0.25, -0.2) is 0 Å². The number of amides is 1. The van der Waals surface area contributed by atoms with E-state index in [4.69, 9.17) is 21.1 Å². The zero-order valence-electron chi connectivity index (χ0n) is 15.5. The predicted octanol–water partition coefficient (Wildman–Crippen LogP) is 1.20. The maximum atomic E-state index is 12.2. The Bertz CT molecular complexity index is 726. The van der Waals surface area contributed by atoms with Gasteiger partial charge in [-0.05, 0) is 0 Å². The summed E-state index contributed by atoms with van der Waals surface area (Å²) in [5.74, 6) is 0.487. The van der Waals surface area contributed by atoms with Crippen LogP contribution < -0.4 is 25.4 Å². The molecule has 0 atom stereocenters. The van der Waals surface area contributed by atoms with Crippen LogP contribution in [0.3, 0.4) is 0 Å². The van der Waals surface area contributed by atoms with Crippen molar-refractivity contribution in [3.63, 3.8) is 0 Å². The fourth-order valence-corrected chi connectivity index (χ4v) is 2.86. The molecule has 0 aromatic heterocycles. The summed E-state index contributed by atoms with van der Waals surface area (Å²) in [5, 5.41) is 18.6. The van der Waals surface area contributed by atoms with Gasteiger partial charge in [0, 0.05) is 57.6 Å². The highest BCUT2D eigenvalue weighted by molar-refractivity contribution is 6.32. The molecular weight excluding hydrogens is 370 g/mol. The lowest BCUT2D eigenvalue weighted by molar-refractivity contribution is -0.117. The number of carbonyl (C=O) groups is 1. The summed E-state index contributed by atoms with van der Waals surface area (Å²) in [6.07, 6.45) is 1.34. The van der Waals surface area contributed by atoms with Gasteiger partial charge in [-0.3, -0.25) is 9.69 Å². The zero-order valence-corrected chi connectivity index (χ0v) is 16.2. The zero-order chi connectivity index (χ0) is 19.6. The Balaban J connectivity index is 1.96. The van der Waals surface area contributed by atoms with Crippen molar-refractivity contribution in [1.82, 2.24) is 15.5 Å². The summed E-state index contributed by atoms with van der Waals surface area (Å²) in [6.45, 7) is 5.05. The first kappa shape index (κ1) is 20.8. The van der Waals surface area contributed by atoms with Crippen molar-refractivity contribution in [1.29, 1.82) is 5.26 Å². The molecule has 1 aromatic carbocycles. The highest BCUT2D eigenvalue weighted by Gasteiger charge is 2.13. The number of rotatable bonds is 8. The number of benzene rings is 1. The van der Waals surface area contributed by atoms with Crippen molar-refractivity contribution in [2.75, 3.05) is 58.8 Å². The van der Waals surface area contributed by atoms with Gasteiger partial charge in [-0.1, -0.05) is 11.6 Å². The van der Waals surface area contributed by atoms with Crippen LogP contribution in [0.5, 0.6) is 11.5 Å². The third kappa shape index (κ3) is 6.03. The van der Waals surface area contributed by atoms with E-state index in [-0.39, 0.29) is 5.57 Å². The molecule has 1 aliphatic heterocycles. The van der Waals surface area contributed by atoms with E-state index >= 15 is 0 Å². The number of halogens is 1. The Morgan fingerprint density at radius 3 is 2.67 bits per heavy atom. The molecule has 1 aliphatic rings. The molecule has 1 amide bonds. The van der Waals surface area contributed by atoms with Gasteiger partial charge >= 0.3 is 0 Å². The van der Waals surface area contributed by atoms with Gasteiger partial charge in [-0.15, -0.1) is 0 Å². The average molecular weight is 394 g/mol. The van der Waals surface area contributed by atoms with Gasteiger partial charge in [0.05, 0.1) is 24.9 Å². The first-order valence-corrected chi connectivity index (χ1v) is 8.96. The number of carbonyl (C=O) groups excluding carboxylic acids is 1. The summed E-state index contributed by atoms with van der Waals surface area (Å²) in [5.41, 5.74) is 0.492. The Hall–Kier alpha value is -2.47. The third-order valence-corrected chi connectivity index (χ3v) is 4.43. The van der Waals surface area contributed by atoms with Crippen LogP contribution in [0.25, 0.3) is 0 Å². The molecule has 0 bridgehead atoms. The molecule has 8 nitrogen and oxygen atoms in total. The van der Waals surface area contributed by atoms with E-state index in [1.165, 1.54) is 20.4 Å². The van der Waals surface area contributed by atoms with Gasteiger partial charge < -0.3 is 25.4 Å². The minimum atomic E-state index is -0.431. The molecule has 0 radical (unpaired) electrons. The maximum Gasteiger partial charge on any atom is 0.263 e. The molecule has 3 N–H and O–H groups in total. The van der Waals surface area contributed by atoms with Crippen molar-refractivity contribution in [2.24, 2.45) is 0 Å². The van der Waals surface area contributed by atoms with Gasteiger partial charge in [0.15, 0.2) is 0 Å². The number of ether oxygens (including phenoxy) is 2. The molecule has 0 aliphatic carbocycles. The molecule has 1 fully saturated rings. The SMILES string of the molecule is COc1cc(N/C=C(/C#N)C(=O)NCCN2CCNCC2)c(OC)cc1Cl. The molecule has 2 rings (SSSR count). The van der Waals surface area contributed by atoms with Crippen LogP contribution in [0.4, 0.5) is 5.69 Å². The topological polar surface area (TPSA) is 98.6 Å². The fraction of sp³-hybridized carbons (Fsp3) is 0.444. The predicted molar refractivity (Wildman–Crippen MR) is 104 cm³/mol. The van der Waals surface area contributed by atoms with Crippen molar-refractivity contribution in [2.45, 2.75) is 0 Å². The highest BCUT2D eigenvalue weighted by atomic mass is 35.5. The number of nitriles is 1. The number of hydrogen-bond donors (Lipinski definition) is 3. The molecule has 1 aromatic rings.